The van der Waals surface area contributed by atoms with Gasteiger partial charge in [0.05, 0.1) is 6.07 Å². The van der Waals surface area contributed by atoms with E-state index in [-0.39, 0.29) is 5.54 Å². The Balaban J connectivity index is 3.67. The highest BCUT2D eigenvalue weighted by Crippen LogP contribution is 2.17. The van der Waals surface area contributed by atoms with Gasteiger partial charge in [-0.15, -0.1) is 0 Å². The molecule has 0 saturated heterocycles. The molecule has 0 aliphatic rings. The molecule has 118 valence electrons. The van der Waals surface area contributed by atoms with Gasteiger partial charge in [0.2, 0.25) is 0 Å². The summed E-state index contributed by atoms with van der Waals surface area (Å²) in [6.07, 6.45) is 9.06. The first kappa shape index (κ1) is 19.4. The van der Waals surface area contributed by atoms with Crippen LogP contribution in [0.3, 0.4) is 0 Å². The fourth-order valence-electron chi connectivity index (χ4n) is 2.46. The Morgan fingerprint density at radius 1 is 1.05 bits per heavy atom. The van der Waals surface area contributed by atoms with E-state index in [0.717, 1.165) is 32.5 Å². The summed E-state index contributed by atoms with van der Waals surface area (Å²) in [4.78, 5) is 0. The number of hydrogen-bond acceptors (Lipinski definition) is 3. The molecular weight excluding hydrogens is 248 g/mol. The lowest BCUT2D eigenvalue weighted by molar-refractivity contribution is 0.120. The van der Waals surface area contributed by atoms with Crippen molar-refractivity contribution in [1.82, 2.24) is 5.32 Å². The number of nitrogens with one attached hydrogen (secondary N) is 1. The Bertz CT molecular complexity index is 260. The molecule has 0 aromatic heterocycles. The third-order valence-corrected chi connectivity index (χ3v) is 3.67. The van der Waals surface area contributed by atoms with Crippen LogP contribution in [0.15, 0.2) is 0 Å². The molecule has 0 fully saturated rings. The van der Waals surface area contributed by atoms with Crippen LogP contribution in [0.2, 0.25) is 0 Å². The highest BCUT2D eigenvalue weighted by molar-refractivity contribution is 5.06. The Kier molecular flexibility index (Phi) is 11.8. The molecule has 0 radical (unpaired) electrons. The van der Waals surface area contributed by atoms with Gasteiger partial charge in [0.1, 0.15) is 5.54 Å². The first-order chi connectivity index (χ1) is 9.60. The van der Waals surface area contributed by atoms with Gasteiger partial charge in [-0.25, -0.2) is 0 Å². The molecule has 0 saturated carbocycles. The first-order valence-electron chi connectivity index (χ1n) is 8.37. The molecule has 0 rings (SSSR count). The van der Waals surface area contributed by atoms with Crippen LogP contribution in [0.4, 0.5) is 0 Å². The predicted octanol–water partition coefficient (Wildman–Crippen LogP) is 4.42. The molecule has 0 aromatic carbocycles. The van der Waals surface area contributed by atoms with Crippen LogP contribution < -0.4 is 5.32 Å². The Hall–Kier alpha value is -0.590. The third-order valence-electron chi connectivity index (χ3n) is 3.67. The smallest absolute Gasteiger partial charge is 0.106 e. The van der Waals surface area contributed by atoms with Crippen molar-refractivity contribution in [3.05, 3.63) is 0 Å². The van der Waals surface area contributed by atoms with E-state index in [4.69, 9.17) is 4.74 Å². The van der Waals surface area contributed by atoms with Gasteiger partial charge in [-0.2, -0.15) is 5.26 Å². The summed E-state index contributed by atoms with van der Waals surface area (Å²) in [6.45, 7) is 10.1. The minimum absolute atomic E-state index is 0.342. The van der Waals surface area contributed by atoms with Gasteiger partial charge in [0, 0.05) is 19.3 Å². The van der Waals surface area contributed by atoms with Gasteiger partial charge in [-0.1, -0.05) is 39.5 Å². The minimum Gasteiger partial charge on any atom is -0.381 e. The van der Waals surface area contributed by atoms with Crippen molar-refractivity contribution in [2.75, 3.05) is 13.2 Å². The van der Waals surface area contributed by atoms with Crippen LogP contribution in [-0.2, 0) is 4.74 Å². The number of unbranched alkanes of at least 4 members (excludes halogenated alkanes) is 4. The van der Waals surface area contributed by atoms with Crippen molar-refractivity contribution < 1.29 is 4.74 Å². The molecule has 3 nitrogen and oxygen atoms in total. The average Bonchev–Trinajstić information content (AvgIpc) is 2.44. The second-order valence-corrected chi connectivity index (χ2v) is 5.98. The minimum atomic E-state index is -0.376. The fraction of sp³-hybridized carbons (Fsp3) is 0.941. The van der Waals surface area contributed by atoms with E-state index >= 15 is 0 Å². The van der Waals surface area contributed by atoms with Gasteiger partial charge >= 0.3 is 0 Å². The van der Waals surface area contributed by atoms with Crippen LogP contribution >= 0.6 is 0 Å². The van der Waals surface area contributed by atoms with E-state index in [1.165, 1.54) is 32.1 Å². The molecule has 1 unspecified atom stereocenters. The van der Waals surface area contributed by atoms with E-state index in [1.54, 1.807) is 0 Å². The van der Waals surface area contributed by atoms with Gasteiger partial charge < -0.3 is 4.74 Å². The van der Waals surface area contributed by atoms with Crippen molar-refractivity contribution in [3.8, 4) is 6.07 Å². The average molecular weight is 282 g/mol. The molecule has 0 bridgehead atoms. The lowest BCUT2D eigenvalue weighted by Crippen LogP contribution is -2.47. The molecule has 0 aliphatic heterocycles. The number of rotatable bonds is 13. The van der Waals surface area contributed by atoms with Crippen molar-refractivity contribution in [2.45, 2.75) is 90.6 Å². The number of nitrogens with zero attached hydrogens (tertiary/aromatic N) is 1. The number of hydrogen-bond donors (Lipinski definition) is 1. The van der Waals surface area contributed by atoms with Gasteiger partial charge in [0.25, 0.3) is 0 Å². The standard InChI is InChI=1S/C17H34N2O/c1-5-7-8-9-10-13-20-14-11-12-17(6-2,15-18)19-16(3)4/h16,19H,5-14H2,1-4H3. The fourth-order valence-corrected chi connectivity index (χ4v) is 2.46. The Morgan fingerprint density at radius 3 is 2.25 bits per heavy atom. The molecule has 0 aliphatic carbocycles. The summed E-state index contributed by atoms with van der Waals surface area (Å²) in [5, 5.41) is 12.8. The number of nitriles is 1. The van der Waals surface area contributed by atoms with Gasteiger partial charge in [-0.3, -0.25) is 5.32 Å². The molecule has 0 aromatic rings. The summed E-state index contributed by atoms with van der Waals surface area (Å²) < 4.78 is 5.67. The first-order valence-corrected chi connectivity index (χ1v) is 8.37. The number of ether oxygens (including phenoxy) is 1. The third kappa shape index (κ3) is 9.34. The zero-order chi connectivity index (χ0) is 15.3. The SMILES string of the molecule is CCCCCCCOCCCC(C#N)(CC)NC(C)C. The van der Waals surface area contributed by atoms with E-state index in [2.05, 4.69) is 39.1 Å². The second kappa shape index (κ2) is 12.2. The molecule has 0 heterocycles. The van der Waals surface area contributed by atoms with Crippen molar-refractivity contribution in [2.24, 2.45) is 0 Å². The van der Waals surface area contributed by atoms with Crippen LogP contribution in [0, 0.1) is 11.3 Å². The summed E-state index contributed by atoms with van der Waals surface area (Å²) in [6, 6.07) is 2.80. The van der Waals surface area contributed by atoms with E-state index in [9.17, 15) is 5.26 Å². The molecule has 1 N–H and O–H groups in total. The summed E-state index contributed by atoms with van der Waals surface area (Å²) in [5.41, 5.74) is -0.376. The molecule has 1 atom stereocenters. The predicted molar refractivity (Wildman–Crippen MR) is 85.7 cm³/mol. The van der Waals surface area contributed by atoms with E-state index < -0.39 is 0 Å². The molecule has 0 spiro atoms. The van der Waals surface area contributed by atoms with Crippen molar-refractivity contribution >= 4 is 0 Å². The molecule has 20 heavy (non-hydrogen) atoms. The van der Waals surface area contributed by atoms with Crippen molar-refractivity contribution in [1.29, 1.82) is 5.26 Å². The Morgan fingerprint density at radius 2 is 1.70 bits per heavy atom. The highest BCUT2D eigenvalue weighted by atomic mass is 16.5. The van der Waals surface area contributed by atoms with Gasteiger partial charge in [-0.05, 0) is 39.5 Å². The zero-order valence-corrected chi connectivity index (χ0v) is 14.0. The van der Waals surface area contributed by atoms with Crippen LogP contribution in [0.25, 0.3) is 0 Å². The summed E-state index contributed by atoms with van der Waals surface area (Å²) in [5.74, 6) is 0. The molecule has 0 amide bonds. The topological polar surface area (TPSA) is 45.0 Å². The zero-order valence-electron chi connectivity index (χ0n) is 14.0. The highest BCUT2D eigenvalue weighted by Gasteiger charge is 2.27. The largest absolute Gasteiger partial charge is 0.381 e. The lowest BCUT2D eigenvalue weighted by atomic mass is 9.91. The van der Waals surface area contributed by atoms with Gasteiger partial charge in [0.15, 0.2) is 0 Å². The molecule has 3 heteroatoms. The second-order valence-electron chi connectivity index (χ2n) is 5.98. The monoisotopic (exact) mass is 282 g/mol. The maximum atomic E-state index is 9.40. The van der Waals surface area contributed by atoms with E-state index in [0.29, 0.717) is 6.04 Å². The maximum Gasteiger partial charge on any atom is 0.106 e. The van der Waals surface area contributed by atoms with Crippen LogP contribution in [-0.4, -0.2) is 24.8 Å². The van der Waals surface area contributed by atoms with Crippen molar-refractivity contribution in [3.63, 3.8) is 0 Å². The lowest BCUT2D eigenvalue weighted by Gasteiger charge is -2.29. The maximum absolute atomic E-state index is 9.40. The quantitative estimate of drug-likeness (QED) is 0.508. The Labute approximate surface area is 126 Å². The van der Waals surface area contributed by atoms with Crippen LogP contribution in [0.5, 0.6) is 0 Å². The van der Waals surface area contributed by atoms with Crippen LogP contribution in [0.1, 0.15) is 79.1 Å². The summed E-state index contributed by atoms with van der Waals surface area (Å²) >= 11 is 0. The molecular formula is C17H34N2O. The normalized spacial score (nSPS) is 14.2. The van der Waals surface area contributed by atoms with E-state index in [1.807, 2.05) is 0 Å². The summed E-state index contributed by atoms with van der Waals surface area (Å²) in [7, 11) is 0.